The van der Waals surface area contributed by atoms with Gasteiger partial charge in [-0.05, 0) is 36.8 Å². The summed E-state index contributed by atoms with van der Waals surface area (Å²) in [4.78, 5) is 14.3. The van der Waals surface area contributed by atoms with Crippen LogP contribution in [0, 0.1) is 0 Å². The van der Waals surface area contributed by atoms with Gasteiger partial charge in [-0.3, -0.25) is 4.79 Å². The van der Waals surface area contributed by atoms with Gasteiger partial charge in [0.1, 0.15) is 0 Å². The first kappa shape index (κ1) is 16.2. The minimum atomic E-state index is -0.208. The van der Waals surface area contributed by atoms with E-state index < -0.39 is 0 Å². The molecule has 0 bridgehead atoms. The van der Waals surface area contributed by atoms with E-state index in [0.717, 1.165) is 37.6 Å². The Morgan fingerprint density at radius 3 is 2.33 bits per heavy atom. The van der Waals surface area contributed by atoms with E-state index >= 15 is 0 Å². The van der Waals surface area contributed by atoms with E-state index in [-0.39, 0.29) is 5.91 Å². The van der Waals surface area contributed by atoms with Gasteiger partial charge in [0, 0.05) is 24.3 Å². The molecule has 0 aromatic heterocycles. The Hall–Kier alpha value is -2.66. The summed E-state index contributed by atoms with van der Waals surface area (Å²) in [5, 5.41) is 4.20. The van der Waals surface area contributed by atoms with Gasteiger partial charge in [-0.2, -0.15) is 5.10 Å². The van der Waals surface area contributed by atoms with Crippen molar-refractivity contribution in [3.05, 3.63) is 65.7 Å². The molecule has 0 radical (unpaired) electrons. The SMILES string of the molecule is CC(=NNC(=O)c1ccccc1)c1ccc(N2CCOCC2)cc1. The van der Waals surface area contributed by atoms with Crippen molar-refractivity contribution in [3.63, 3.8) is 0 Å². The molecule has 2 aromatic carbocycles. The van der Waals surface area contributed by atoms with Gasteiger partial charge in [0.2, 0.25) is 0 Å². The van der Waals surface area contributed by atoms with Crippen LogP contribution in [-0.4, -0.2) is 37.9 Å². The predicted molar refractivity (Wildman–Crippen MR) is 95.6 cm³/mol. The topological polar surface area (TPSA) is 53.9 Å². The number of anilines is 1. The highest BCUT2D eigenvalue weighted by atomic mass is 16.5. The summed E-state index contributed by atoms with van der Waals surface area (Å²) in [7, 11) is 0. The molecule has 1 amide bonds. The number of carbonyl (C=O) groups excluding carboxylic acids is 1. The number of hydrazone groups is 1. The van der Waals surface area contributed by atoms with Crippen molar-refractivity contribution < 1.29 is 9.53 Å². The number of nitrogens with one attached hydrogen (secondary N) is 1. The molecule has 5 heteroatoms. The monoisotopic (exact) mass is 323 g/mol. The smallest absolute Gasteiger partial charge is 0.271 e. The summed E-state index contributed by atoms with van der Waals surface area (Å²) in [6, 6.07) is 17.3. The molecule has 0 spiro atoms. The van der Waals surface area contributed by atoms with E-state index in [1.54, 1.807) is 12.1 Å². The fourth-order valence-electron chi connectivity index (χ4n) is 2.59. The first-order valence-corrected chi connectivity index (χ1v) is 8.07. The zero-order chi connectivity index (χ0) is 16.8. The van der Waals surface area contributed by atoms with Crippen molar-refractivity contribution in [1.29, 1.82) is 0 Å². The lowest BCUT2D eigenvalue weighted by Crippen LogP contribution is -2.36. The van der Waals surface area contributed by atoms with Crippen molar-refractivity contribution in [1.82, 2.24) is 5.43 Å². The van der Waals surface area contributed by atoms with E-state index in [4.69, 9.17) is 4.74 Å². The molecule has 1 aliphatic heterocycles. The van der Waals surface area contributed by atoms with Crippen molar-refractivity contribution in [2.45, 2.75) is 6.92 Å². The highest BCUT2D eigenvalue weighted by Gasteiger charge is 2.11. The van der Waals surface area contributed by atoms with E-state index in [9.17, 15) is 4.79 Å². The summed E-state index contributed by atoms with van der Waals surface area (Å²) in [6.07, 6.45) is 0. The summed E-state index contributed by atoms with van der Waals surface area (Å²) >= 11 is 0. The molecule has 0 atom stereocenters. The standard InChI is InChI=1S/C19H21N3O2/c1-15(20-21-19(23)17-5-3-2-4-6-17)16-7-9-18(10-8-16)22-11-13-24-14-12-22/h2-10H,11-14H2,1H3,(H,21,23). The molecule has 5 nitrogen and oxygen atoms in total. The number of carbonyl (C=O) groups is 1. The fourth-order valence-corrected chi connectivity index (χ4v) is 2.59. The van der Waals surface area contributed by atoms with Crippen LogP contribution < -0.4 is 10.3 Å². The second kappa shape index (κ2) is 7.75. The zero-order valence-electron chi connectivity index (χ0n) is 13.7. The third-order valence-corrected chi connectivity index (χ3v) is 4.02. The molecular weight excluding hydrogens is 302 g/mol. The Kier molecular flexibility index (Phi) is 5.23. The molecule has 24 heavy (non-hydrogen) atoms. The molecular formula is C19H21N3O2. The number of morpholine rings is 1. The molecule has 1 N–H and O–H groups in total. The van der Waals surface area contributed by atoms with Crippen LogP contribution in [-0.2, 0) is 4.74 Å². The van der Waals surface area contributed by atoms with E-state index in [1.807, 2.05) is 37.3 Å². The summed E-state index contributed by atoms with van der Waals surface area (Å²) in [6.45, 7) is 5.26. The van der Waals surface area contributed by atoms with Crippen LogP contribution in [0.2, 0.25) is 0 Å². The number of benzene rings is 2. The Bertz CT molecular complexity index is 705. The van der Waals surface area contributed by atoms with Gasteiger partial charge >= 0.3 is 0 Å². The summed E-state index contributed by atoms with van der Waals surface area (Å²) < 4.78 is 5.37. The minimum absolute atomic E-state index is 0.208. The molecule has 1 saturated heterocycles. The fraction of sp³-hybridized carbons (Fsp3) is 0.263. The predicted octanol–water partition coefficient (Wildman–Crippen LogP) is 2.68. The largest absolute Gasteiger partial charge is 0.378 e. The lowest BCUT2D eigenvalue weighted by molar-refractivity contribution is 0.0955. The van der Waals surface area contributed by atoms with Crippen molar-refractivity contribution in [2.75, 3.05) is 31.2 Å². The van der Waals surface area contributed by atoms with Crippen LogP contribution in [0.4, 0.5) is 5.69 Å². The quantitative estimate of drug-likeness (QED) is 0.695. The normalized spacial score (nSPS) is 15.2. The number of ether oxygens (including phenoxy) is 1. The average Bonchev–Trinajstić information content (AvgIpc) is 2.67. The second-order valence-electron chi connectivity index (χ2n) is 5.65. The third-order valence-electron chi connectivity index (χ3n) is 4.02. The maximum atomic E-state index is 12.0. The van der Waals surface area contributed by atoms with Gasteiger partial charge in [-0.15, -0.1) is 0 Å². The van der Waals surface area contributed by atoms with E-state index in [2.05, 4.69) is 27.6 Å². The van der Waals surface area contributed by atoms with Crippen molar-refractivity contribution in [3.8, 4) is 0 Å². The van der Waals surface area contributed by atoms with Crippen molar-refractivity contribution >= 4 is 17.3 Å². The van der Waals surface area contributed by atoms with Gasteiger partial charge in [-0.25, -0.2) is 5.43 Å². The second-order valence-corrected chi connectivity index (χ2v) is 5.65. The first-order chi connectivity index (χ1) is 11.7. The number of hydrogen-bond donors (Lipinski definition) is 1. The van der Waals surface area contributed by atoms with E-state index in [1.165, 1.54) is 5.69 Å². The van der Waals surface area contributed by atoms with Crippen LogP contribution in [0.3, 0.4) is 0 Å². The van der Waals surface area contributed by atoms with Gasteiger partial charge < -0.3 is 9.64 Å². The maximum Gasteiger partial charge on any atom is 0.271 e. The van der Waals surface area contributed by atoms with Gasteiger partial charge in [0.25, 0.3) is 5.91 Å². The van der Waals surface area contributed by atoms with Crippen LogP contribution in [0.15, 0.2) is 59.7 Å². The zero-order valence-corrected chi connectivity index (χ0v) is 13.7. The van der Waals surface area contributed by atoms with Crippen LogP contribution in [0.1, 0.15) is 22.8 Å². The van der Waals surface area contributed by atoms with Crippen LogP contribution >= 0.6 is 0 Å². The minimum Gasteiger partial charge on any atom is -0.378 e. The number of nitrogens with zero attached hydrogens (tertiary/aromatic N) is 2. The number of rotatable bonds is 4. The molecule has 3 rings (SSSR count). The van der Waals surface area contributed by atoms with E-state index in [0.29, 0.717) is 5.56 Å². The molecule has 0 aliphatic carbocycles. The molecule has 1 fully saturated rings. The van der Waals surface area contributed by atoms with Gasteiger partial charge in [0.05, 0.1) is 18.9 Å². The lowest BCUT2D eigenvalue weighted by Gasteiger charge is -2.28. The lowest BCUT2D eigenvalue weighted by atomic mass is 10.1. The maximum absolute atomic E-state index is 12.0. The average molecular weight is 323 g/mol. The molecule has 2 aromatic rings. The number of amides is 1. The van der Waals surface area contributed by atoms with Gasteiger partial charge in [0.15, 0.2) is 0 Å². The highest BCUT2D eigenvalue weighted by Crippen LogP contribution is 2.17. The molecule has 124 valence electrons. The Morgan fingerprint density at radius 1 is 1.00 bits per heavy atom. The Labute approximate surface area is 141 Å². The van der Waals surface area contributed by atoms with Crippen LogP contribution in [0.5, 0.6) is 0 Å². The third kappa shape index (κ3) is 4.00. The highest BCUT2D eigenvalue weighted by molar-refractivity contribution is 6.01. The van der Waals surface area contributed by atoms with Crippen LogP contribution in [0.25, 0.3) is 0 Å². The van der Waals surface area contributed by atoms with Gasteiger partial charge in [-0.1, -0.05) is 30.3 Å². The van der Waals surface area contributed by atoms with Crippen molar-refractivity contribution in [2.24, 2.45) is 5.10 Å². The molecule has 1 aliphatic rings. The summed E-state index contributed by atoms with van der Waals surface area (Å²) in [5.41, 5.74) is 6.13. The molecule has 0 unspecified atom stereocenters. The molecule has 0 saturated carbocycles. The molecule has 1 heterocycles. The number of hydrogen-bond acceptors (Lipinski definition) is 4. The Morgan fingerprint density at radius 2 is 1.67 bits per heavy atom. The summed E-state index contributed by atoms with van der Waals surface area (Å²) in [5.74, 6) is -0.208. The first-order valence-electron chi connectivity index (χ1n) is 8.07. The Balaban J connectivity index is 1.64.